The summed E-state index contributed by atoms with van der Waals surface area (Å²) in [5.74, 6) is 0.868. The summed E-state index contributed by atoms with van der Waals surface area (Å²) in [5.41, 5.74) is 2.60. The van der Waals surface area contributed by atoms with Gasteiger partial charge in [-0.1, -0.05) is 30.3 Å². The molecule has 160 valence electrons. The van der Waals surface area contributed by atoms with Crippen molar-refractivity contribution in [1.82, 2.24) is 15.6 Å². The molecule has 3 aromatic rings. The van der Waals surface area contributed by atoms with E-state index in [1.165, 1.54) is 0 Å². The highest BCUT2D eigenvalue weighted by Gasteiger charge is 2.15. The van der Waals surface area contributed by atoms with Gasteiger partial charge in [-0.05, 0) is 37.4 Å². The zero-order valence-corrected chi connectivity index (χ0v) is 17.0. The number of rotatable bonds is 9. The number of hydrogen-bond donors (Lipinski definition) is 3. The summed E-state index contributed by atoms with van der Waals surface area (Å²) in [6.07, 6.45) is 0. The van der Waals surface area contributed by atoms with E-state index in [4.69, 9.17) is 9.47 Å². The monoisotopic (exact) mass is 416 g/mol. The third-order valence-electron chi connectivity index (χ3n) is 4.35. The average molecular weight is 416 g/mol. The van der Waals surface area contributed by atoms with Gasteiger partial charge in [-0.25, -0.2) is 4.99 Å². The van der Waals surface area contributed by atoms with Crippen LogP contribution in [0.3, 0.4) is 0 Å². The molecule has 3 rings (SSSR count). The Hall–Kier alpha value is -3.29. The number of aliphatic imine (C=N–C) groups is 1. The van der Waals surface area contributed by atoms with Crippen molar-refractivity contribution >= 4 is 16.9 Å². The number of hydrogen-bond acceptors (Lipinski definition) is 3. The molecule has 8 heteroatoms. The Bertz CT molecular complexity index is 955. The van der Waals surface area contributed by atoms with Crippen LogP contribution >= 0.6 is 0 Å². The molecule has 0 unspecified atom stereocenters. The number of para-hydroxylation sites is 2. The minimum atomic E-state index is -2.94. The quantitative estimate of drug-likeness (QED) is 0.357. The van der Waals surface area contributed by atoms with Gasteiger partial charge >= 0.3 is 6.61 Å². The number of guanidine groups is 1. The van der Waals surface area contributed by atoms with Gasteiger partial charge in [0.1, 0.15) is 0 Å². The fraction of sp³-hybridized carbons (Fsp3) is 0.318. The van der Waals surface area contributed by atoms with Crippen molar-refractivity contribution in [2.24, 2.45) is 4.99 Å². The summed E-state index contributed by atoms with van der Waals surface area (Å²) in [5, 5.41) is 7.55. The molecule has 1 heterocycles. The van der Waals surface area contributed by atoms with Crippen molar-refractivity contribution < 1.29 is 18.3 Å². The highest BCUT2D eigenvalue weighted by molar-refractivity contribution is 5.81. The first kappa shape index (κ1) is 21.4. The lowest BCUT2D eigenvalue weighted by Crippen LogP contribution is -2.36. The number of fused-ring (bicyclic) bond motifs is 1. The van der Waals surface area contributed by atoms with E-state index in [9.17, 15) is 8.78 Å². The number of nitrogens with one attached hydrogen (secondary N) is 3. The molecular weight excluding hydrogens is 390 g/mol. The van der Waals surface area contributed by atoms with Gasteiger partial charge in [-0.2, -0.15) is 8.78 Å². The third-order valence-corrected chi connectivity index (χ3v) is 4.35. The molecular formula is C22H26F2N4O2. The van der Waals surface area contributed by atoms with E-state index in [1.54, 1.807) is 25.1 Å². The topological polar surface area (TPSA) is 70.7 Å². The van der Waals surface area contributed by atoms with Crippen LogP contribution in [0.4, 0.5) is 8.78 Å². The molecule has 6 nitrogen and oxygen atoms in total. The highest BCUT2D eigenvalue weighted by Crippen LogP contribution is 2.33. The van der Waals surface area contributed by atoms with Crippen LogP contribution in [0, 0.1) is 0 Å². The summed E-state index contributed by atoms with van der Waals surface area (Å²) in [6.45, 7) is 2.52. The lowest BCUT2D eigenvalue weighted by Gasteiger charge is -2.15. The van der Waals surface area contributed by atoms with Crippen molar-refractivity contribution in [1.29, 1.82) is 0 Å². The molecule has 2 aromatic carbocycles. The minimum Gasteiger partial charge on any atom is -0.490 e. The summed E-state index contributed by atoms with van der Waals surface area (Å²) >= 11 is 0. The summed E-state index contributed by atoms with van der Waals surface area (Å²) in [4.78, 5) is 7.88. The molecule has 3 N–H and O–H groups in total. The van der Waals surface area contributed by atoms with Crippen molar-refractivity contribution in [2.45, 2.75) is 33.5 Å². The van der Waals surface area contributed by atoms with E-state index in [0.717, 1.165) is 16.6 Å². The number of aromatic amines is 1. The first-order valence-electron chi connectivity index (χ1n) is 9.89. The zero-order valence-electron chi connectivity index (χ0n) is 17.0. The lowest BCUT2D eigenvalue weighted by molar-refractivity contribution is -0.0520. The molecule has 0 atom stereocenters. The number of halogens is 2. The molecule has 1 aromatic heterocycles. The van der Waals surface area contributed by atoms with Crippen molar-refractivity contribution in [3.05, 3.63) is 59.8 Å². The smallest absolute Gasteiger partial charge is 0.387 e. The maximum Gasteiger partial charge on any atom is 0.387 e. The normalized spacial score (nSPS) is 11.7. The minimum absolute atomic E-state index is 0.0181. The SMILES string of the molecule is CCNC(=NCc1cccc(OCC)c1OC(F)F)NCc1cc2ccccc2[nH]1. The molecule has 0 aliphatic rings. The number of nitrogens with zero attached hydrogens (tertiary/aromatic N) is 1. The van der Waals surface area contributed by atoms with Crippen LogP contribution in [0.15, 0.2) is 53.5 Å². The van der Waals surface area contributed by atoms with Crippen molar-refractivity contribution in [3.8, 4) is 11.5 Å². The van der Waals surface area contributed by atoms with Crippen molar-refractivity contribution in [2.75, 3.05) is 13.2 Å². The first-order valence-corrected chi connectivity index (χ1v) is 9.89. The summed E-state index contributed by atoms with van der Waals surface area (Å²) < 4.78 is 35.9. The molecule has 0 radical (unpaired) electrons. The molecule has 0 amide bonds. The molecule has 30 heavy (non-hydrogen) atoms. The van der Waals surface area contributed by atoms with Crippen LogP contribution in [0.1, 0.15) is 25.1 Å². The fourth-order valence-electron chi connectivity index (χ4n) is 3.09. The first-order chi connectivity index (χ1) is 14.6. The number of ether oxygens (including phenoxy) is 2. The molecule has 0 aliphatic carbocycles. The standard InChI is InChI=1S/C22H26F2N4O2/c1-3-25-22(27-14-17-12-15-8-5-6-10-18(15)28-17)26-13-16-9-7-11-19(29-4-2)20(16)30-21(23)24/h5-12,21,28H,3-4,13-14H2,1-2H3,(H2,25,26,27). The van der Waals surface area contributed by atoms with E-state index in [2.05, 4.69) is 26.7 Å². The van der Waals surface area contributed by atoms with Gasteiger partial charge in [0.2, 0.25) is 0 Å². The number of H-pyrrole nitrogens is 1. The third kappa shape index (κ3) is 5.62. The number of aromatic nitrogens is 1. The summed E-state index contributed by atoms with van der Waals surface area (Å²) in [7, 11) is 0. The zero-order chi connectivity index (χ0) is 21.3. The van der Waals surface area contributed by atoms with Crippen LogP contribution in [0.5, 0.6) is 11.5 Å². The second-order valence-electron chi connectivity index (χ2n) is 6.49. The van der Waals surface area contributed by atoms with E-state index >= 15 is 0 Å². The molecule has 0 fully saturated rings. The van der Waals surface area contributed by atoms with Crippen LogP contribution in [0.2, 0.25) is 0 Å². The van der Waals surface area contributed by atoms with Gasteiger partial charge in [-0.15, -0.1) is 0 Å². The van der Waals surface area contributed by atoms with Gasteiger partial charge in [0.15, 0.2) is 17.5 Å². The lowest BCUT2D eigenvalue weighted by atomic mass is 10.2. The van der Waals surface area contributed by atoms with E-state index in [0.29, 0.717) is 31.2 Å². The Balaban J connectivity index is 1.74. The van der Waals surface area contributed by atoms with E-state index in [-0.39, 0.29) is 18.0 Å². The van der Waals surface area contributed by atoms with Crippen LogP contribution in [0.25, 0.3) is 10.9 Å². The molecule has 0 saturated heterocycles. The average Bonchev–Trinajstić information content (AvgIpc) is 3.15. The Kier molecular flexibility index (Phi) is 7.48. The van der Waals surface area contributed by atoms with E-state index in [1.807, 2.05) is 31.2 Å². The Morgan fingerprint density at radius 3 is 2.67 bits per heavy atom. The maximum absolute atomic E-state index is 12.9. The Morgan fingerprint density at radius 1 is 1.10 bits per heavy atom. The fourth-order valence-corrected chi connectivity index (χ4v) is 3.09. The highest BCUT2D eigenvalue weighted by atomic mass is 19.3. The second-order valence-corrected chi connectivity index (χ2v) is 6.49. The Labute approximate surface area is 174 Å². The number of benzene rings is 2. The maximum atomic E-state index is 12.9. The second kappa shape index (κ2) is 10.5. The predicted octanol–water partition coefficient (Wildman–Crippen LogP) is 4.42. The number of alkyl halides is 2. The predicted molar refractivity (Wildman–Crippen MR) is 114 cm³/mol. The van der Waals surface area contributed by atoms with Crippen molar-refractivity contribution in [3.63, 3.8) is 0 Å². The van der Waals surface area contributed by atoms with Gasteiger partial charge in [0, 0.05) is 23.3 Å². The van der Waals surface area contributed by atoms with Gasteiger partial charge in [0.25, 0.3) is 0 Å². The largest absolute Gasteiger partial charge is 0.490 e. The van der Waals surface area contributed by atoms with Crippen LogP contribution in [-0.4, -0.2) is 30.7 Å². The molecule has 0 aliphatic heterocycles. The van der Waals surface area contributed by atoms with Gasteiger partial charge in [0.05, 0.1) is 19.7 Å². The summed E-state index contributed by atoms with van der Waals surface area (Å²) in [6, 6.07) is 15.2. The van der Waals surface area contributed by atoms with E-state index < -0.39 is 6.61 Å². The molecule has 0 saturated carbocycles. The van der Waals surface area contributed by atoms with Gasteiger partial charge < -0.3 is 25.1 Å². The van der Waals surface area contributed by atoms with Crippen LogP contribution < -0.4 is 20.1 Å². The van der Waals surface area contributed by atoms with Gasteiger partial charge in [-0.3, -0.25) is 0 Å². The van der Waals surface area contributed by atoms with Crippen LogP contribution in [-0.2, 0) is 13.1 Å². The molecule has 0 bridgehead atoms. The Morgan fingerprint density at radius 2 is 1.93 bits per heavy atom. The molecule has 0 spiro atoms.